The van der Waals surface area contributed by atoms with Crippen LogP contribution in [0.5, 0.6) is 0 Å². The van der Waals surface area contributed by atoms with Crippen LogP contribution < -0.4 is 0 Å². The molecule has 0 aliphatic carbocycles. The van der Waals surface area contributed by atoms with Crippen LogP contribution >= 0.6 is 27.5 Å². The minimum Gasteiger partial charge on any atom is -0.289 e. The first-order valence-corrected chi connectivity index (χ1v) is 9.46. The predicted molar refractivity (Wildman–Crippen MR) is 90.0 cm³/mol. The van der Waals surface area contributed by atoms with Crippen molar-refractivity contribution in [2.45, 2.75) is 12.7 Å². The summed E-state index contributed by atoms with van der Waals surface area (Å²) in [5.74, 6) is -0.214. The molecular formula is C15H13BrClNO3S. The number of carbonyl (C=O) groups excluding carboxylic acids is 1. The Morgan fingerprint density at radius 2 is 2.00 bits per heavy atom. The Kier molecular flexibility index (Phi) is 5.36. The highest BCUT2D eigenvalue weighted by Gasteiger charge is 2.17. The molecule has 116 valence electrons. The topological polar surface area (TPSA) is 64.1 Å². The van der Waals surface area contributed by atoms with Crippen LogP contribution in [0, 0.1) is 0 Å². The fourth-order valence-corrected chi connectivity index (χ4v) is 3.60. The Hall–Kier alpha value is -1.24. The lowest BCUT2D eigenvalue weighted by Gasteiger charge is -2.08. The third kappa shape index (κ3) is 3.94. The number of nitrogens with zero attached hydrogens (tertiary/aromatic N) is 1. The lowest BCUT2D eigenvalue weighted by Crippen LogP contribution is -2.08. The van der Waals surface area contributed by atoms with Crippen LogP contribution in [0.4, 0.5) is 0 Å². The quantitative estimate of drug-likeness (QED) is 0.716. The largest absolute Gasteiger partial charge is 0.289 e. The van der Waals surface area contributed by atoms with Gasteiger partial charge in [-0.3, -0.25) is 9.78 Å². The minimum atomic E-state index is -3.12. The van der Waals surface area contributed by atoms with Crippen molar-refractivity contribution in [3.05, 3.63) is 62.8 Å². The SMILES string of the molecule is CCS(=O)(=O)Cc1ccc(C(=O)c2ccncc2Cl)c(Br)c1. The molecule has 0 N–H and O–H groups in total. The van der Waals surface area contributed by atoms with Crippen molar-refractivity contribution in [2.75, 3.05) is 5.75 Å². The molecule has 1 aromatic carbocycles. The van der Waals surface area contributed by atoms with E-state index in [-0.39, 0.29) is 22.3 Å². The van der Waals surface area contributed by atoms with Crippen LogP contribution in [-0.2, 0) is 15.6 Å². The van der Waals surface area contributed by atoms with Crippen LogP contribution in [0.15, 0.2) is 41.1 Å². The molecule has 1 aromatic heterocycles. The lowest BCUT2D eigenvalue weighted by atomic mass is 10.0. The van der Waals surface area contributed by atoms with Gasteiger partial charge >= 0.3 is 0 Å². The first kappa shape index (κ1) is 17.1. The molecule has 0 fully saturated rings. The summed E-state index contributed by atoms with van der Waals surface area (Å²) < 4.78 is 23.9. The van der Waals surface area contributed by atoms with Crippen molar-refractivity contribution >= 4 is 43.2 Å². The van der Waals surface area contributed by atoms with Crippen LogP contribution in [0.25, 0.3) is 0 Å². The molecule has 2 rings (SSSR count). The molecule has 0 radical (unpaired) electrons. The number of aromatic nitrogens is 1. The first-order chi connectivity index (χ1) is 10.3. The maximum absolute atomic E-state index is 12.5. The molecule has 7 heteroatoms. The molecular weight excluding hydrogens is 390 g/mol. The Balaban J connectivity index is 2.35. The summed E-state index contributed by atoms with van der Waals surface area (Å²) in [6.45, 7) is 1.60. The molecule has 0 spiro atoms. The minimum absolute atomic E-state index is 0.0490. The second-order valence-electron chi connectivity index (χ2n) is 4.68. The third-order valence-electron chi connectivity index (χ3n) is 3.12. The monoisotopic (exact) mass is 401 g/mol. The maximum atomic E-state index is 12.5. The van der Waals surface area contributed by atoms with Gasteiger partial charge in [0.05, 0.1) is 10.8 Å². The standard InChI is InChI=1S/C15H13BrClNO3S/c1-2-22(20,21)9-10-3-4-11(13(16)7-10)15(19)12-5-6-18-8-14(12)17/h3-8H,2,9H2,1H3. The van der Waals surface area contributed by atoms with Gasteiger partial charge in [-0.25, -0.2) is 8.42 Å². The molecule has 0 bridgehead atoms. The van der Waals surface area contributed by atoms with E-state index in [1.807, 2.05) is 0 Å². The van der Waals surface area contributed by atoms with E-state index in [0.29, 0.717) is 21.2 Å². The average Bonchev–Trinajstić information content (AvgIpc) is 2.47. The highest BCUT2D eigenvalue weighted by atomic mass is 79.9. The van der Waals surface area contributed by atoms with Crippen molar-refractivity contribution in [3.63, 3.8) is 0 Å². The smallest absolute Gasteiger partial charge is 0.195 e. The van der Waals surface area contributed by atoms with Gasteiger partial charge in [-0.2, -0.15) is 0 Å². The summed E-state index contributed by atoms with van der Waals surface area (Å²) in [7, 11) is -3.12. The number of halogens is 2. The van der Waals surface area contributed by atoms with Gasteiger partial charge in [-0.15, -0.1) is 0 Å². The third-order valence-corrected chi connectivity index (χ3v) is 5.73. The molecule has 22 heavy (non-hydrogen) atoms. The van der Waals surface area contributed by atoms with Crippen molar-refractivity contribution in [1.82, 2.24) is 4.98 Å². The van der Waals surface area contributed by atoms with E-state index in [4.69, 9.17) is 11.6 Å². The first-order valence-electron chi connectivity index (χ1n) is 6.47. The lowest BCUT2D eigenvalue weighted by molar-refractivity contribution is 0.103. The molecule has 1 heterocycles. The van der Waals surface area contributed by atoms with Gasteiger partial charge < -0.3 is 0 Å². The van der Waals surface area contributed by atoms with E-state index < -0.39 is 9.84 Å². The summed E-state index contributed by atoms with van der Waals surface area (Å²) in [5.41, 5.74) is 1.41. The van der Waals surface area contributed by atoms with Crippen LogP contribution in [0.1, 0.15) is 28.4 Å². The van der Waals surface area contributed by atoms with E-state index >= 15 is 0 Å². The zero-order valence-corrected chi connectivity index (χ0v) is 14.9. The highest BCUT2D eigenvalue weighted by molar-refractivity contribution is 9.10. The van der Waals surface area contributed by atoms with Gasteiger partial charge in [-0.1, -0.05) is 40.5 Å². The Labute approximate surface area is 142 Å². The van der Waals surface area contributed by atoms with E-state index in [1.54, 1.807) is 31.2 Å². The number of hydrogen-bond acceptors (Lipinski definition) is 4. The van der Waals surface area contributed by atoms with Crippen LogP contribution in [0.2, 0.25) is 5.02 Å². The fraction of sp³-hybridized carbons (Fsp3) is 0.200. The van der Waals surface area contributed by atoms with Crippen molar-refractivity contribution < 1.29 is 13.2 Å². The van der Waals surface area contributed by atoms with Gasteiger partial charge in [0.25, 0.3) is 0 Å². The maximum Gasteiger partial charge on any atom is 0.195 e. The molecule has 0 saturated heterocycles. The molecule has 0 saturated carbocycles. The Bertz CT molecular complexity index is 821. The van der Waals surface area contributed by atoms with E-state index in [2.05, 4.69) is 20.9 Å². The second kappa shape index (κ2) is 6.89. The van der Waals surface area contributed by atoms with Gasteiger partial charge in [0.1, 0.15) is 0 Å². The summed E-state index contributed by atoms with van der Waals surface area (Å²) in [6, 6.07) is 6.44. The second-order valence-corrected chi connectivity index (χ2v) is 8.29. The number of rotatable bonds is 5. The summed E-state index contributed by atoms with van der Waals surface area (Å²) in [4.78, 5) is 16.3. The van der Waals surface area contributed by atoms with Crippen LogP contribution in [-0.4, -0.2) is 24.9 Å². The molecule has 2 aromatic rings. The zero-order chi connectivity index (χ0) is 16.3. The zero-order valence-electron chi connectivity index (χ0n) is 11.7. The summed E-state index contributed by atoms with van der Waals surface area (Å²) in [5, 5.41) is 0.275. The van der Waals surface area contributed by atoms with Crippen LogP contribution in [0.3, 0.4) is 0 Å². The van der Waals surface area contributed by atoms with Crippen molar-refractivity contribution in [1.29, 1.82) is 0 Å². The van der Waals surface area contributed by atoms with Gasteiger partial charge in [-0.05, 0) is 23.8 Å². The summed E-state index contributed by atoms with van der Waals surface area (Å²) in [6.07, 6.45) is 2.90. The van der Waals surface area contributed by atoms with E-state index in [9.17, 15) is 13.2 Å². The molecule has 0 atom stereocenters. The molecule has 4 nitrogen and oxygen atoms in total. The van der Waals surface area contributed by atoms with Gasteiger partial charge in [0.15, 0.2) is 15.6 Å². The normalized spacial score (nSPS) is 11.4. The predicted octanol–water partition coefficient (Wildman–Crippen LogP) is 3.66. The van der Waals surface area contributed by atoms with Crippen molar-refractivity contribution in [2.24, 2.45) is 0 Å². The molecule has 0 unspecified atom stereocenters. The number of pyridine rings is 1. The van der Waals surface area contributed by atoms with Gasteiger partial charge in [0.2, 0.25) is 0 Å². The Morgan fingerprint density at radius 3 is 2.59 bits per heavy atom. The van der Waals surface area contributed by atoms with E-state index in [1.165, 1.54) is 12.4 Å². The molecule has 0 aliphatic rings. The Morgan fingerprint density at radius 1 is 1.27 bits per heavy atom. The fourth-order valence-electron chi connectivity index (χ4n) is 1.89. The summed E-state index contributed by atoms with van der Waals surface area (Å²) >= 11 is 9.31. The highest BCUT2D eigenvalue weighted by Crippen LogP contribution is 2.25. The van der Waals surface area contributed by atoms with Gasteiger partial charge in [0, 0.05) is 33.7 Å². The molecule has 0 amide bonds. The average molecular weight is 403 g/mol. The van der Waals surface area contributed by atoms with E-state index in [0.717, 1.165) is 0 Å². The van der Waals surface area contributed by atoms with Crippen molar-refractivity contribution in [3.8, 4) is 0 Å². The number of carbonyl (C=O) groups is 1. The number of sulfone groups is 1. The number of benzene rings is 1. The number of ketones is 1. The number of hydrogen-bond donors (Lipinski definition) is 0. The molecule has 0 aliphatic heterocycles.